The Morgan fingerprint density at radius 2 is 1.63 bits per heavy atom. The molecule has 1 N–H and O–H groups in total. The van der Waals surface area contributed by atoms with Gasteiger partial charge in [0.25, 0.3) is 5.78 Å². The molecule has 3 rings (SSSR count). The molecule has 0 saturated heterocycles. The lowest BCUT2D eigenvalue weighted by atomic mass is 9.97. The number of benzene rings is 2. The van der Waals surface area contributed by atoms with Gasteiger partial charge in [-0.05, 0) is 56.5 Å². The summed E-state index contributed by atoms with van der Waals surface area (Å²) in [5.74, 6) is -2.67. The highest BCUT2D eigenvalue weighted by atomic mass is 16.5. The van der Waals surface area contributed by atoms with E-state index in [1.54, 1.807) is 76.4 Å². The minimum absolute atomic E-state index is 0.0824. The summed E-state index contributed by atoms with van der Waals surface area (Å²) in [5.41, 5.74) is 1.88. The number of ether oxygens (including phenoxy) is 3. The van der Waals surface area contributed by atoms with Crippen molar-refractivity contribution in [2.45, 2.75) is 53.2 Å². The Balaban J connectivity index is 2.03. The topological polar surface area (TPSA) is 134 Å². The molecular formula is C31H34N2O8. The summed E-state index contributed by atoms with van der Waals surface area (Å²) in [6.45, 7) is 8.91. The summed E-state index contributed by atoms with van der Waals surface area (Å²) in [6.07, 6.45) is 0.332. The standard InChI is InChI=1S/C31H34N2O8/c1-7-40-30(37)26-27(22-12-14-23(39-6)15-13-22)32-31(38)33(28(26)18(2)3)17-20-8-10-21(11-9-20)24(34)16-25(35)29(36)41-19(4)5/h8-16,18-19,34H,7,17H2,1-6H3/b24-16-. The number of aliphatic hydroxyl groups excluding tert-OH is 1. The summed E-state index contributed by atoms with van der Waals surface area (Å²) in [7, 11) is 1.54. The van der Waals surface area contributed by atoms with Crippen LogP contribution in [0.15, 0.2) is 59.4 Å². The van der Waals surface area contributed by atoms with E-state index in [0.717, 1.165) is 6.08 Å². The highest BCUT2D eigenvalue weighted by molar-refractivity contribution is 6.39. The second-order valence-corrected chi connectivity index (χ2v) is 9.74. The predicted octanol–water partition coefficient (Wildman–Crippen LogP) is 4.69. The third-order valence-electron chi connectivity index (χ3n) is 6.01. The Morgan fingerprint density at radius 1 is 1.00 bits per heavy atom. The maximum absolute atomic E-state index is 13.4. The Labute approximate surface area is 238 Å². The molecule has 41 heavy (non-hydrogen) atoms. The number of esters is 2. The number of aromatic nitrogens is 2. The first-order valence-corrected chi connectivity index (χ1v) is 13.2. The number of hydrogen-bond acceptors (Lipinski definition) is 9. The molecule has 1 heterocycles. The average molecular weight is 563 g/mol. The van der Waals surface area contributed by atoms with Gasteiger partial charge in [-0.1, -0.05) is 38.1 Å². The van der Waals surface area contributed by atoms with Crippen molar-refractivity contribution in [3.05, 3.63) is 87.5 Å². The average Bonchev–Trinajstić information content (AvgIpc) is 2.93. The molecule has 0 bridgehead atoms. The molecule has 0 fully saturated rings. The maximum Gasteiger partial charge on any atom is 0.379 e. The summed E-state index contributed by atoms with van der Waals surface area (Å²) in [5, 5.41) is 10.3. The van der Waals surface area contributed by atoms with Crippen molar-refractivity contribution in [2.75, 3.05) is 13.7 Å². The van der Waals surface area contributed by atoms with Gasteiger partial charge in [0, 0.05) is 22.9 Å². The van der Waals surface area contributed by atoms with E-state index in [4.69, 9.17) is 14.2 Å². The summed E-state index contributed by atoms with van der Waals surface area (Å²) >= 11 is 0. The minimum Gasteiger partial charge on any atom is -0.507 e. The SMILES string of the molecule is CCOC(=O)c1c(-c2ccc(OC)cc2)nc(=O)n(Cc2ccc(/C(O)=C/C(=O)C(=O)OC(C)C)cc2)c1C(C)C. The highest BCUT2D eigenvalue weighted by Crippen LogP contribution is 2.30. The number of methoxy groups -OCH3 is 1. The van der Waals surface area contributed by atoms with Crippen LogP contribution in [0.5, 0.6) is 5.75 Å². The molecule has 3 aromatic rings. The Kier molecular flexibility index (Phi) is 10.2. The predicted molar refractivity (Wildman–Crippen MR) is 153 cm³/mol. The van der Waals surface area contributed by atoms with Gasteiger partial charge >= 0.3 is 17.6 Å². The van der Waals surface area contributed by atoms with Gasteiger partial charge in [-0.3, -0.25) is 9.36 Å². The molecular weight excluding hydrogens is 528 g/mol. The van der Waals surface area contributed by atoms with Crippen LogP contribution >= 0.6 is 0 Å². The van der Waals surface area contributed by atoms with Crippen LogP contribution in [0, 0.1) is 0 Å². The Bertz CT molecular complexity index is 1500. The van der Waals surface area contributed by atoms with E-state index in [-0.39, 0.29) is 35.9 Å². The van der Waals surface area contributed by atoms with Crippen molar-refractivity contribution in [3.8, 4) is 17.0 Å². The molecule has 10 nitrogen and oxygen atoms in total. The van der Waals surface area contributed by atoms with Crippen molar-refractivity contribution in [3.63, 3.8) is 0 Å². The molecule has 0 atom stereocenters. The van der Waals surface area contributed by atoms with Gasteiger partial charge in [0.2, 0.25) is 0 Å². The van der Waals surface area contributed by atoms with Gasteiger partial charge in [0.15, 0.2) is 0 Å². The van der Waals surface area contributed by atoms with Crippen LogP contribution in [-0.4, -0.2) is 52.2 Å². The van der Waals surface area contributed by atoms with Crippen molar-refractivity contribution in [1.29, 1.82) is 0 Å². The van der Waals surface area contributed by atoms with E-state index < -0.39 is 35.3 Å². The highest BCUT2D eigenvalue weighted by Gasteiger charge is 2.27. The molecule has 0 spiro atoms. The van der Waals surface area contributed by atoms with Crippen molar-refractivity contribution < 1.29 is 33.7 Å². The lowest BCUT2D eigenvalue weighted by Gasteiger charge is -2.21. The smallest absolute Gasteiger partial charge is 0.379 e. The molecule has 0 saturated carbocycles. The fourth-order valence-corrected chi connectivity index (χ4v) is 4.19. The number of hydrogen-bond donors (Lipinski definition) is 1. The minimum atomic E-state index is -1.06. The van der Waals surface area contributed by atoms with Crippen LogP contribution < -0.4 is 10.4 Å². The zero-order valence-electron chi connectivity index (χ0n) is 24.0. The first-order chi connectivity index (χ1) is 19.5. The number of ketones is 1. The quantitative estimate of drug-likeness (QED) is 0.153. The van der Waals surface area contributed by atoms with E-state index in [0.29, 0.717) is 22.6 Å². The molecule has 0 aliphatic rings. The number of nitrogens with zero attached hydrogens (tertiary/aromatic N) is 2. The molecule has 0 radical (unpaired) electrons. The lowest BCUT2D eigenvalue weighted by Crippen LogP contribution is -2.31. The van der Waals surface area contributed by atoms with E-state index in [2.05, 4.69) is 4.98 Å². The van der Waals surface area contributed by atoms with Crippen LogP contribution in [0.25, 0.3) is 17.0 Å². The molecule has 0 aliphatic carbocycles. The third-order valence-corrected chi connectivity index (χ3v) is 6.01. The number of rotatable bonds is 11. The number of aliphatic hydroxyl groups is 1. The van der Waals surface area contributed by atoms with Crippen LogP contribution in [-0.2, 0) is 25.6 Å². The molecule has 1 aromatic heterocycles. The summed E-state index contributed by atoms with van der Waals surface area (Å²) < 4.78 is 16.9. The van der Waals surface area contributed by atoms with Crippen LogP contribution in [0.4, 0.5) is 0 Å². The van der Waals surface area contributed by atoms with Crippen molar-refractivity contribution in [1.82, 2.24) is 9.55 Å². The second-order valence-electron chi connectivity index (χ2n) is 9.74. The fourth-order valence-electron chi connectivity index (χ4n) is 4.19. The largest absolute Gasteiger partial charge is 0.507 e. The van der Waals surface area contributed by atoms with Crippen LogP contribution in [0.1, 0.15) is 67.7 Å². The molecule has 0 amide bonds. The van der Waals surface area contributed by atoms with Gasteiger partial charge in [-0.25, -0.2) is 14.4 Å². The van der Waals surface area contributed by atoms with Gasteiger partial charge in [-0.15, -0.1) is 0 Å². The summed E-state index contributed by atoms with van der Waals surface area (Å²) in [4.78, 5) is 54.6. The fraction of sp³-hybridized carbons (Fsp3) is 0.323. The van der Waals surface area contributed by atoms with Crippen LogP contribution in [0.2, 0.25) is 0 Å². The Hall–Kier alpha value is -4.73. The molecule has 216 valence electrons. The zero-order valence-corrected chi connectivity index (χ0v) is 24.0. The first kappa shape index (κ1) is 30.8. The maximum atomic E-state index is 13.4. The van der Waals surface area contributed by atoms with Gasteiger partial charge in [0.1, 0.15) is 17.1 Å². The normalized spacial score (nSPS) is 11.5. The third kappa shape index (κ3) is 7.47. The Morgan fingerprint density at radius 3 is 2.17 bits per heavy atom. The van der Waals surface area contributed by atoms with E-state index in [9.17, 15) is 24.3 Å². The van der Waals surface area contributed by atoms with Crippen molar-refractivity contribution >= 4 is 23.5 Å². The first-order valence-electron chi connectivity index (χ1n) is 13.2. The van der Waals surface area contributed by atoms with Gasteiger partial charge in [0.05, 0.1) is 32.1 Å². The molecule has 0 aliphatic heterocycles. The molecule has 0 unspecified atom stereocenters. The van der Waals surface area contributed by atoms with Gasteiger partial charge < -0.3 is 19.3 Å². The summed E-state index contributed by atoms with van der Waals surface area (Å²) in [6, 6.07) is 13.3. The monoisotopic (exact) mass is 562 g/mol. The number of carbonyl (C=O) groups excluding carboxylic acids is 3. The molecule has 2 aromatic carbocycles. The van der Waals surface area contributed by atoms with Crippen LogP contribution in [0.3, 0.4) is 0 Å². The van der Waals surface area contributed by atoms with Crippen molar-refractivity contribution in [2.24, 2.45) is 0 Å². The van der Waals surface area contributed by atoms with E-state index >= 15 is 0 Å². The van der Waals surface area contributed by atoms with E-state index in [1.165, 1.54) is 4.57 Å². The molecule has 10 heteroatoms. The lowest BCUT2D eigenvalue weighted by molar-refractivity contribution is -0.154. The number of carbonyl (C=O) groups is 3. The second kappa shape index (κ2) is 13.6. The van der Waals surface area contributed by atoms with Gasteiger partial charge in [-0.2, -0.15) is 4.98 Å². The zero-order chi connectivity index (χ0) is 30.3. The van der Waals surface area contributed by atoms with E-state index in [1.807, 2.05) is 13.8 Å².